The Balaban J connectivity index is 1.49. The van der Waals surface area contributed by atoms with Gasteiger partial charge >= 0.3 is 0 Å². The van der Waals surface area contributed by atoms with Crippen molar-refractivity contribution in [2.75, 3.05) is 13.1 Å². The number of carbonyl (C=O) groups is 1. The fourth-order valence-corrected chi connectivity index (χ4v) is 7.34. The summed E-state index contributed by atoms with van der Waals surface area (Å²) in [5.41, 5.74) is 3.93. The van der Waals surface area contributed by atoms with Crippen LogP contribution in [0.4, 0.5) is 0 Å². The zero-order valence-electron chi connectivity index (χ0n) is 20.5. The molecule has 0 saturated heterocycles. The minimum absolute atomic E-state index is 0.00763. The lowest BCUT2D eigenvalue weighted by Gasteiger charge is -2.25. The van der Waals surface area contributed by atoms with Gasteiger partial charge in [0.1, 0.15) is 16.4 Å². The van der Waals surface area contributed by atoms with Gasteiger partial charge in [0.25, 0.3) is 0 Å². The number of fused-ring (bicyclic) bond motifs is 6. The first-order valence-corrected chi connectivity index (χ1v) is 13.9. The van der Waals surface area contributed by atoms with Gasteiger partial charge in [-0.05, 0) is 57.1 Å². The van der Waals surface area contributed by atoms with Gasteiger partial charge in [-0.3, -0.25) is 14.4 Å². The highest BCUT2D eigenvalue weighted by molar-refractivity contribution is 7.15. The van der Waals surface area contributed by atoms with Crippen LogP contribution in [0, 0.1) is 12.8 Å². The molecule has 1 saturated carbocycles. The molecule has 1 amide bonds. The third kappa shape index (κ3) is 3.58. The van der Waals surface area contributed by atoms with Gasteiger partial charge in [0, 0.05) is 40.0 Å². The van der Waals surface area contributed by atoms with E-state index in [1.807, 2.05) is 25.1 Å². The maximum Gasteiger partial charge on any atom is 0.226 e. The second-order valence-electron chi connectivity index (χ2n) is 9.99. The van der Waals surface area contributed by atoms with Crippen molar-refractivity contribution in [2.24, 2.45) is 10.9 Å². The molecule has 1 atom stereocenters. The van der Waals surface area contributed by atoms with E-state index in [0.29, 0.717) is 5.02 Å². The van der Waals surface area contributed by atoms with Crippen molar-refractivity contribution in [3.05, 3.63) is 62.5 Å². The Morgan fingerprint density at radius 3 is 2.60 bits per heavy atom. The third-order valence-corrected chi connectivity index (χ3v) is 9.03. The van der Waals surface area contributed by atoms with Crippen molar-refractivity contribution in [2.45, 2.75) is 64.8 Å². The molecule has 1 aromatic carbocycles. The van der Waals surface area contributed by atoms with Crippen molar-refractivity contribution in [1.29, 1.82) is 0 Å². The fraction of sp³-hybridized carbons (Fsp3) is 0.481. The number of nitrogens with zero attached hydrogens (tertiary/aromatic N) is 5. The molecule has 1 spiro atoms. The van der Waals surface area contributed by atoms with E-state index in [1.54, 1.807) is 11.3 Å². The summed E-state index contributed by atoms with van der Waals surface area (Å²) >= 11 is 8.52. The molecule has 2 aliphatic carbocycles. The number of benzene rings is 1. The average molecular weight is 508 g/mol. The van der Waals surface area contributed by atoms with Gasteiger partial charge in [-0.15, -0.1) is 21.5 Å². The first-order chi connectivity index (χ1) is 17.0. The average Bonchev–Trinajstić information content (AvgIpc) is 3.18. The summed E-state index contributed by atoms with van der Waals surface area (Å²) in [5.74, 6) is 2.10. The molecular formula is C27H30ClN5OS. The molecule has 6 rings (SSSR count). The summed E-state index contributed by atoms with van der Waals surface area (Å²) in [5, 5.41) is 10.9. The lowest BCUT2D eigenvalue weighted by atomic mass is 9.97. The molecule has 0 radical (unpaired) electrons. The zero-order valence-corrected chi connectivity index (χ0v) is 22.0. The lowest BCUT2D eigenvalue weighted by Crippen LogP contribution is -2.37. The van der Waals surface area contributed by atoms with Gasteiger partial charge in [0.05, 0.1) is 5.71 Å². The zero-order chi connectivity index (χ0) is 24.3. The number of carbonyl (C=O) groups excluding carboxylic acids is 1. The Hall–Kier alpha value is -2.51. The molecule has 35 heavy (non-hydrogen) atoms. The van der Waals surface area contributed by atoms with Gasteiger partial charge in [0.15, 0.2) is 5.82 Å². The highest BCUT2D eigenvalue weighted by Crippen LogP contribution is 2.54. The minimum Gasteiger partial charge on any atom is -0.342 e. The Labute approximate surface area is 215 Å². The Morgan fingerprint density at radius 2 is 1.91 bits per heavy atom. The number of halogens is 1. The summed E-state index contributed by atoms with van der Waals surface area (Å²) in [7, 11) is 0. The van der Waals surface area contributed by atoms with Crippen LogP contribution in [0.2, 0.25) is 5.02 Å². The normalized spacial score (nSPS) is 19.1. The lowest BCUT2D eigenvalue weighted by molar-refractivity contribution is -0.135. The molecule has 182 valence electrons. The Morgan fingerprint density at radius 1 is 1.17 bits per heavy atom. The van der Waals surface area contributed by atoms with Crippen LogP contribution in [0.15, 0.2) is 29.3 Å². The molecule has 6 nitrogen and oxygen atoms in total. The number of hydrogen-bond acceptors (Lipinski definition) is 5. The number of thiophene rings is 1. The van der Waals surface area contributed by atoms with Gasteiger partial charge in [0.2, 0.25) is 5.91 Å². The first kappa shape index (κ1) is 22.9. The maximum absolute atomic E-state index is 13.5. The van der Waals surface area contributed by atoms with E-state index in [2.05, 4.69) is 39.6 Å². The Bertz CT molecular complexity index is 1350. The minimum atomic E-state index is -0.339. The van der Waals surface area contributed by atoms with Crippen LogP contribution in [0.5, 0.6) is 0 Å². The number of aromatic nitrogens is 3. The van der Waals surface area contributed by atoms with E-state index in [1.165, 1.54) is 10.4 Å². The molecule has 8 heteroatoms. The quantitative estimate of drug-likeness (QED) is 0.443. The number of rotatable bonds is 6. The largest absolute Gasteiger partial charge is 0.342 e. The van der Waals surface area contributed by atoms with Crippen molar-refractivity contribution in [3.8, 4) is 5.00 Å². The summed E-state index contributed by atoms with van der Waals surface area (Å²) in [4.78, 5) is 22.2. The van der Waals surface area contributed by atoms with Crippen LogP contribution >= 0.6 is 22.9 Å². The van der Waals surface area contributed by atoms with Crippen LogP contribution in [0.25, 0.3) is 5.00 Å². The van der Waals surface area contributed by atoms with E-state index >= 15 is 0 Å². The predicted molar refractivity (Wildman–Crippen MR) is 140 cm³/mol. The SMILES string of the molecule is CCCN(CCC)C(=O)[C@@H]1Cc2sc3c(c2C1)C(c1ccccc1Cl)=NC1(CC1)c1nnc(C)n1-3. The van der Waals surface area contributed by atoms with E-state index in [4.69, 9.17) is 16.6 Å². The number of aliphatic imine (C=N–C) groups is 1. The van der Waals surface area contributed by atoms with Gasteiger partial charge < -0.3 is 4.90 Å². The molecule has 0 N–H and O–H groups in total. The molecule has 2 aromatic heterocycles. The van der Waals surface area contributed by atoms with E-state index in [9.17, 15) is 4.79 Å². The Kier molecular flexibility index (Phi) is 5.60. The first-order valence-electron chi connectivity index (χ1n) is 12.7. The fourth-order valence-electron chi connectivity index (χ4n) is 5.66. The summed E-state index contributed by atoms with van der Waals surface area (Å²) in [6.07, 6.45) is 5.41. The van der Waals surface area contributed by atoms with Crippen LogP contribution in [0.1, 0.15) is 72.7 Å². The van der Waals surface area contributed by atoms with Crippen molar-refractivity contribution in [1.82, 2.24) is 19.7 Å². The van der Waals surface area contributed by atoms with Crippen LogP contribution in [-0.2, 0) is 23.2 Å². The second kappa shape index (κ2) is 8.56. The van der Waals surface area contributed by atoms with Gasteiger partial charge in [-0.2, -0.15) is 0 Å². The van der Waals surface area contributed by atoms with E-state index < -0.39 is 0 Å². The molecule has 0 bridgehead atoms. The van der Waals surface area contributed by atoms with Crippen LogP contribution in [0.3, 0.4) is 0 Å². The molecule has 3 heterocycles. The van der Waals surface area contributed by atoms with E-state index in [0.717, 1.165) is 85.1 Å². The molecule has 1 aliphatic heterocycles. The summed E-state index contributed by atoms with van der Waals surface area (Å²) in [6, 6.07) is 7.97. The monoisotopic (exact) mass is 507 g/mol. The van der Waals surface area contributed by atoms with Gasteiger partial charge in [-0.25, -0.2) is 0 Å². The molecular weight excluding hydrogens is 478 g/mol. The standard InChI is InChI=1S/C27H30ClN5OS/c1-4-12-32(13-5-2)24(34)17-14-19-21(15-17)35-25-22(19)23(18-8-6-7-9-20(18)28)29-27(10-11-27)26-31-30-16(3)33(25)26/h6-9,17H,4-5,10-15H2,1-3H3/t17-/m0/s1. The molecule has 3 aliphatic rings. The number of amides is 1. The van der Waals surface area contributed by atoms with Crippen LogP contribution in [-0.4, -0.2) is 44.4 Å². The smallest absolute Gasteiger partial charge is 0.226 e. The van der Waals surface area contributed by atoms with Crippen molar-refractivity contribution >= 4 is 34.6 Å². The summed E-state index contributed by atoms with van der Waals surface area (Å²) in [6.45, 7) is 7.95. The molecule has 3 aromatic rings. The predicted octanol–water partition coefficient (Wildman–Crippen LogP) is 5.49. The molecule has 1 fully saturated rings. The summed E-state index contributed by atoms with van der Waals surface area (Å²) < 4.78 is 2.22. The highest BCUT2D eigenvalue weighted by atomic mass is 35.5. The van der Waals surface area contributed by atoms with E-state index in [-0.39, 0.29) is 17.4 Å². The van der Waals surface area contributed by atoms with Crippen LogP contribution < -0.4 is 0 Å². The topological polar surface area (TPSA) is 63.4 Å². The second-order valence-corrected chi connectivity index (χ2v) is 11.5. The van der Waals surface area contributed by atoms with Crippen molar-refractivity contribution < 1.29 is 4.79 Å². The number of aryl methyl sites for hydroxylation is 1. The van der Waals surface area contributed by atoms with Gasteiger partial charge in [-0.1, -0.05) is 43.6 Å². The van der Waals surface area contributed by atoms with Crippen molar-refractivity contribution in [3.63, 3.8) is 0 Å². The maximum atomic E-state index is 13.5. The highest BCUT2D eigenvalue weighted by Gasteiger charge is 2.52. The molecule has 0 unspecified atom stereocenters. The number of hydrogen-bond donors (Lipinski definition) is 0. The third-order valence-electron chi connectivity index (χ3n) is 7.46.